The lowest BCUT2D eigenvalue weighted by Gasteiger charge is -2.11. The third-order valence-electron chi connectivity index (χ3n) is 4.88. The number of fused-ring (bicyclic) bond motifs is 4. The molecule has 3 heteroatoms. The Hall–Kier alpha value is -2.99. The second-order valence-corrected chi connectivity index (χ2v) is 6.07. The highest BCUT2D eigenvalue weighted by Gasteiger charge is 2.18. The van der Waals surface area contributed by atoms with Gasteiger partial charge in [-0.1, -0.05) is 5.92 Å². The summed E-state index contributed by atoms with van der Waals surface area (Å²) >= 11 is 0. The second kappa shape index (κ2) is 5.28. The molecule has 0 bridgehead atoms. The minimum atomic E-state index is 0.545. The van der Waals surface area contributed by atoms with E-state index in [-0.39, 0.29) is 0 Å². The first-order chi connectivity index (χ1) is 11.7. The Balaban J connectivity index is 2.33. The van der Waals surface area contributed by atoms with Crippen LogP contribution in [-0.4, -0.2) is 16.7 Å². The van der Waals surface area contributed by atoms with Crippen LogP contribution in [0.3, 0.4) is 0 Å². The number of aryl methyl sites for hydroxylation is 2. The third-order valence-corrected chi connectivity index (χ3v) is 4.88. The molecule has 0 aliphatic carbocycles. The molecule has 4 aromatic rings. The summed E-state index contributed by atoms with van der Waals surface area (Å²) in [5.74, 6) is 3.65. The highest BCUT2D eigenvalue weighted by molar-refractivity contribution is 6.17. The highest BCUT2D eigenvalue weighted by atomic mass is 16.5. The van der Waals surface area contributed by atoms with E-state index in [9.17, 15) is 0 Å². The van der Waals surface area contributed by atoms with Crippen molar-refractivity contribution in [3.8, 4) is 18.1 Å². The normalized spacial score (nSPS) is 11.2. The Labute approximate surface area is 140 Å². The zero-order chi connectivity index (χ0) is 16.8. The van der Waals surface area contributed by atoms with Crippen molar-refractivity contribution in [3.63, 3.8) is 0 Å². The van der Waals surface area contributed by atoms with Gasteiger partial charge in [-0.2, -0.15) is 0 Å². The van der Waals surface area contributed by atoms with Gasteiger partial charge in [0.25, 0.3) is 0 Å². The average Bonchev–Trinajstić information content (AvgIpc) is 2.94. The largest absolute Gasteiger partial charge is 0.497 e. The monoisotopic (exact) mass is 314 g/mol. The van der Waals surface area contributed by atoms with E-state index < -0.39 is 0 Å². The number of methoxy groups -OCH3 is 1. The van der Waals surface area contributed by atoms with Crippen LogP contribution in [0.2, 0.25) is 0 Å². The second-order valence-electron chi connectivity index (χ2n) is 6.07. The molecule has 3 nitrogen and oxygen atoms in total. The molecule has 4 rings (SSSR count). The Bertz CT molecular complexity index is 1150. The first-order valence-electron chi connectivity index (χ1n) is 7.93. The summed E-state index contributed by atoms with van der Waals surface area (Å²) in [6.07, 6.45) is 9.44. The molecule has 0 N–H and O–H groups in total. The van der Waals surface area contributed by atoms with Crippen molar-refractivity contribution in [2.24, 2.45) is 0 Å². The minimum absolute atomic E-state index is 0.545. The summed E-state index contributed by atoms with van der Waals surface area (Å²) in [5.41, 5.74) is 4.80. The first-order valence-corrected chi connectivity index (χ1v) is 7.93. The molecule has 0 saturated carbocycles. The molecular formula is C21H18N2O. The van der Waals surface area contributed by atoms with E-state index in [1.807, 2.05) is 18.5 Å². The molecule has 0 aliphatic heterocycles. The molecule has 0 fully saturated rings. The van der Waals surface area contributed by atoms with E-state index in [0.717, 1.165) is 11.3 Å². The van der Waals surface area contributed by atoms with Crippen LogP contribution in [0.25, 0.3) is 32.6 Å². The van der Waals surface area contributed by atoms with Crippen LogP contribution < -0.4 is 4.74 Å². The SMILES string of the molecule is C#CCn1c2ccc(OC)cc2c2c(C)c3cnccc3c(C)c21. The predicted molar refractivity (Wildman–Crippen MR) is 99.6 cm³/mol. The lowest BCUT2D eigenvalue weighted by molar-refractivity contribution is 0.415. The molecule has 0 unspecified atom stereocenters. The fraction of sp³-hybridized carbons (Fsp3) is 0.190. The predicted octanol–water partition coefficient (Wildman–Crippen LogP) is 4.60. The van der Waals surface area contributed by atoms with Gasteiger partial charge in [0.15, 0.2) is 0 Å². The summed E-state index contributed by atoms with van der Waals surface area (Å²) in [7, 11) is 1.69. The number of hydrogen-bond acceptors (Lipinski definition) is 2. The Morgan fingerprint density at radius 2 is 1.96 bits per heavy atom. The molecule has 0 spiro atoms. The number of rotatable bonds is 2. The van der Waals surface area contributed by atoms with Crippen molar-refractivity contribution in [2.45, 2.75) is 20.4 Å². The van der Waals surface area contributed by atoms with Crippen LogP contribution in [0.15, 0.2) is 36.7 Å². The maximum absolute atomic E-state index is 5.65. The maximum atomic E-state index is 5.65. The molecule has 0 amide bonds. The summed E-state index contributed by atoms with van der Waals surface area (Å²) in [6.45, 7) is 4.86. The van der Waals surface area contributed by atoms with Crippen molar-refractivity contribution >= 4 is 32.6 Å². The van der Waals surface area contributed by atoms with Gasteiger partial charge in [-0.25, -0.2) is 0 Å². The molecule has 2 aromatic heterocycles. The number of ether oxygens (including phenoxy) is 1. The Morgan fingerprint density at radius 1 is 1.12 bits per heavy atom. The average molecular weight is 314 g/mol. The number of aromatic nitrogens is 2. The number of pyridine rings is 1. The quantitative estimate of drug-likeness (QED) is 0.506. The number of terminal acetylenes is 1. The van der Waals surface area contributed by atoms with Crippen LogP contribution in [-0.2, 0) is 6.54 Å². The van der Waals surface area contributed by atoms with E-state index in [0.29, 0.717) is 6.54 Å². The zero-order valence-electron chi connectivity index (χ0n) is 14.1. The first kappa shape index (κ1) is 14.6. The van der Waals surface area contributed by atoms with E-state index in [1.54, 1.807) is 7.11 Å². The lowest BCUT2D eigenvalue weighted by atomic mass is 9.97. The van der Waals surface area contributed by atoms with Crippen LogP contribution in [0.5, 0.6) is 5.75 Å². The molecule has 0 saturated heterocycles. The lowest BCUT2D eigenvalue weighted by Crippen LogP contribution is -1.97. The van der Waals surface area contributed by atoms with Gasteiger partial charge in [-0.15, -0.1) is 6.42 Å². The van der Waals surface area contributed by atoms with E-state index in [1.165, 1.54) is 38.2 Å². The summed E-state index contributed by atoms with van der Waals surface area (Å²) in [4.78, 5) is 4.31. The summed E-state index contributed by atoms with van der Waals surface area (Å²) in [6, 6.07) is 8.25. The molecular weight excluding hydrogens is 296 g/mol. The van der Waals surface area contributed by atoms with Crippen molar-refractivity contribution in [3.05, 3.63) is 47.8 Å². The van der Waals surface area contributed by atoms with Crippen molar-refractivity contribution < 1.29 is 4.74 Å². The maximum Gasteiger partial charge on any atom is 0.119 e. The van der Waals surface area contributed by atoms with Gasteiger partial charge in [0, 0.05) is 28.6 Å². The standard InChI is InChI=1S/C21H18N2O/c1-5-10-23-19-7-6-15(24-4)11-17(19)20-13(2)18-12-22-9-8-16(18)14(3)21(20)23/h1,6-9,11-12H,10H2,2-4H3. The number of hydrogen-bond donors (Lipinski definition) is 0. The zero-order valence-corrected chi connectivity index (χ0v) is 14.1. The third kappa shape index (κ3) is 1.83. The van der Waals surface area contributed by atoms with Gasteiger partial charge in [0.05, 0.1) is 24.7 Å². The van der Waals surface area contributed by atoms with Crippen molar-refractivity contribution in [1.29, 1.82) is 0 Å². The molecule has 24 heavy (non-hydrogen) atoms. The smallest absolute Gasteiger partial charge is 0.119 e. The summed E-state index contributed by atoms with van der Waals surface area (Å²) < 4.78 is 7.66. The van der Waals surface area contributed by atoms with Crippen LogP contribution in [0, 0.1) is 26.2 Å². The molecule has 2 aromatic carbocycles. The van der Waals surface area contributed by atoms with Gasteiger partial charge < -0.3 is 9.30 Å². The van der Waals surface area contributed by atoms with Gasteiger partial charge in [0.2, 0.25) is 0 Å². The fourth-order valence-electron chi connectivity index (χ4n) is 3.77. The number of nitrogens with zero attached hydrogens (tertiary/aromatic N) is 2. The van der Waals surface area contributed by atoms with E-state index >= 15 is 0 Å². The molecule has 0 radical (unpaired) electrons. The number of benzene rings is 2. The Morgan fingerprint density at radius 3 is 2.71 bits per heavy atom. The fourth-order valence-corrected chi connectivity index (χ4v) is 3.77. The van der Waals surface area contributed by atoms with Gasteiger partial charge in [0.1, 0.15) is 5.75 Å². The van der Waals surface area contributed by atoms with E-state index in [2.05, 4.69) is 47.5 Å². The van der Waals surface area contributed by atoms with Crippen LogP contribution in [0.4, 0.5) is 0 Å². The molecule has 118 valence electrons. The minimum Gasteiger partial charge on any atom is -0.497 e. The Kier molecular flexibility index (Phi) is 3.21. The molecule has 2 heterocycles. The van der Waals surface area contributed by atoms with Crippen molar-refractivity contribution in [1.82, 2.24) is 9.55 Å². The topological polar surface area (TPSA) is 27.1 Å². The molecule has 0 atom stereocenters. The van der Waals surface area contributed by atoms with E-state index in [4.69, 9.17) is 11.2 Å². The van der Waals surface area contributed by atoms with Crippen molar-refractivity contribution in [2.75, 3.05) is 7.11 Å². The summed E-state index contributed by atoms with van der Waals surface area (Å²) in [5, 5.41) is 4.82. The molecule has 0 aliphatic rings. The highest BCUT2D eigenvalue weighted by Crippen LogP contribution is 2.39. The van der Waals surface area contributed by atoms with Gasteiger partial charge in [-0.05, 0) is 54.6 Å². The van der Waals surface area contributed by atoms with Crippen LogP contribution in [0.1, 0.15) is 11.1 Å². The van der Waals surface area contributed by atoms with Gasteiger partial charge >= 0.3 is 0 Å². The van der Waals surface area contributed by atoms with Crippen LogP contribution >= 0.6 is 0 Å². The van der Waals surface area contributed by atoms with Gasteiger partial charge in [-0.3, -0.25) is 4.98 Å².